The number of nitrogens with two attached hydrogens (primary N) is 1. The lowest BCUT2D eigenvalue weighted by molar-refractivity contribution is -0.132. The first kappa shape index (κ1) is 13.2. The summed E-state index contributed by atoms with van der Waals surface area (Å²) in [5.74, 6) is 0.706. The van der Waals surface area contributed by atoms with Gasteiger partial charge in [0.1, 0.15) is 0 Å². The molecule has 2 heterocycles. The van der Waals surface area contributed by atoms with Crippen LogP contribution in [0.5, 0.6) is 0 Å². The fourth-order valence-electron chi connectivity index (χ4n) is 1.88. The Morgan fingerprint density at radius 1 is 1.33 bits per heavy atom. The minimum absolute atomic E-state index is 0.00590. The SMILES string of the molecule is C[C@H](N)C(=O)N1CCN(c2ncc(Br)cn2)CC1. The molecule has 1 saturated heterocycles. The molecule has 18 heavy (non-hydrogen) atoms. The van der Waals surface area contributed by atoms with E-state index in [1.165, 1.54) is 0 Å². The van der Waals surface area contributed by atoms with E-state index in [2.05, 4.69) is 30.8 Å². The van der Waals surface area contributed by atoms with Gasteiger partial charge in [-0.2, -0.15) is 0 Å². The summed E-state index contributed by atoms with van der Waals surface area (Å²) in [6.45, 7) is 4.52. The molecule has 1 aromatic heterocycles. The topological polar surface area (TPSA) is 75.4 Å². The molecule has 0 radical (unpaired) electrons. The number of anilines is 1. The molecule has 0 aromatic carbocycles. The van der Waals surface area contributed by atoms with Crippen LogP contribution in [0.25, 0.3) is 0 Å². The van der Waals surface area contributed by atoms with Crippen LogP contribution in [0.3, 0.4) is 0 Å². The molecule has 1 amide bonds. The number of piperazine rings is 1. The van der Waals surface area contributed by atoms with Crippen molar-refractivity contribution in [3.05, 3.63) is 16.9 Å². The molecule has 1 aliphatic heterocycles. The number of rotatable bonds is 2. The third-order valence-corrected chi connectivity index (χ3v) is 3.28. The lowest BCUT2D eigenvalue weighted by atomic mass is 10.2. The molecule has 0 unspecified atom stereocenters. The fourth-order valence-corrected chi connectivity index (χ4v) is 2.09. The van der Waals surface area contributed by atoms with Crippen molar-refractivity contribution in [3.8, 4) is 0 Å². The zero-order valence-corrected chi connectivity index (χ0v) is 11.8. The molecule has 7 heteroatoms. The van der Waals surface area contributed by atoms with Crippen LogP contribution >= 0.6 is 15.9 Å². The van der Waals surface area contributed by atoms with E-state index in [4.69, 9.17) is 5.73 Å². The van der Waals surface area contributed by atoms with Gasteiger partial charge in [-0.3, -0.25) is 4.79 Å². The maximum Gasteiger partial charge on any atom is 0.239 e. The number of hydrogen-bond donors (Lipinski definition) is 1. The van der Waals surface area contributed by atoms with Gasteiger partial charge in [0, 0.05) is 38.6 Å². The van der Waals surface area contributed by atoms with Crippen molar-refractivity contribution in [2.24, 2.45) is 5.73 Å². The van der Waals surface area contributed by atoms with E-state index in [1.54, 1.807) is 24.2 Å². The molecule has 98 valence electrons. The molecule has 2 rings (SSSR count). The van der Waals surface area contributed by atoms with Crippen LogP contribution in [0.1, 0.15) is 6.92 Å². The Labute approximate surface area is 114 Å². The van der Waals surface area contributed by atoms with Crippen molar-refractivity contribution in [2.45, 2.75) is 13.0 Å². The summed E-state index contributed by atoms with van der Waals surface area (Å²) in [5.41, 5.74) is 5.59. The maximum absolute atomic E-state index is 11.7. The Hall–Kier alpha value is -1.21. The van der Waals surface area contributed by atoms with E-state index < -0.39 is 6.04 Å². The van der Waals surface area contributed by atoms with Crippen LogP contribution in [-0.2, 0) is 4.79 Å². The van der Waals surface area contributed by atoms with Crippen LogP contribution < -0.4 is 10.6 Å². The number of hydrogen-bond acceptors (Lipinski definition) is 5. The Balaban J connectivity index is 1.94. The summed E-state index contributed by atoms with van der Waals surface area (Å²) in [7, 11) is 0. The lowest BCUT2D eigenvalue weighted by Gasteiger charge is -2.35. The van der Waals surface area contributed by atoms with Gasteiger partial charge in [0.05, 0.1) is 10.5 Å². The predicted molar refractivity (Wildman–Crippen MR) is 72.2 cm³/mol. The molecule has 1 aliphatic rings. The van der Waals surface area contributed by atoms with Crippen molar-refractivity contribution < 1.29 is 4.79 Å². The Bertz CT molecular complexity index is 414. The zero-order chi connectivity index (χ0) is 13.1. The first-order chi connectivity index (χ1) is 8.58. The highest BCUT2D eigenvalue weighted by Crippen LogP contribution is 2.13. The van der Waals surface area contributed by atoms with E-state index in [0.717, 1.165) is 17.6 Å². The minimum Gasteiger partial charge on any atom is -0.338 e. The molecule has 1 atom stereocenters. The number of aromatic nitrogens is 2. The average molecular weight is 314 g/mol. The van der Waals surface area contributed by atoms with Gasteiger partial charge in [-0.25, -0.2) is 9.97 Å². The van der Waals surface area contributed by atoms with Crippen molar-refractivity contribution in [2.75, 3.05) is 31.1 Å². The molecular weight excluding hydrogens is 298 g/mol. The highest BCUT2D eigenvalue weighted by molar-refractivity contribution is 9.10. The molecule has 0 spiro atoms. The van der Waals surface area contributed by atoms with E-state index in [-0.39, 0.29) is 5.91 Å². The highest BCUT2D eigenvalue weighted by atomic mass is 79.9. The number of amides is 1. The second kappa shape index (κ2) is 5.62. The van der Waals surface area contributed by atoms with Gasteiger partial charge < -0.3 is 15.5 Å². The number of nitrogens with zero attached hydrogens (tertiary/aromatic N) is 4. The second-order valence-electron chi connectivity index (χ2n) is 4.30. The van der Waals surface area contributed by atoms with E-state index in [0.29, 0.717) is 19.0 Å². The number of halogens is 1. The van der Waals surface area contributed by atoms with E-state index in [9.17, 15) is 4.79 Å². The number of carbonyl (C=O) groups is 1. The van der Waals surface area contributed by atoms with Crippen LogP contribution in [0.2, 0.25) is 0 Å². The molecule has 2 N–H and O–H groups in total. The Morgan fingerprint density at radius 2 is 1.89 bits per heavy atom. The summed E-state index contributed by atoms with van der Waals surface area (Å²) < 4.78 is 0.858. The first-order valence-electron chi connectivity index (χ1n) is 5.85. The average Bonchev–Trinajstić information content (AvgIpc) is 2.39. The van der Waals surface area contributed by atoms with Crippen LogP contribution in [0.15, 0.2) is 16.9 Å². The van der Waals surface area contributed by atoms with Crippen molar-refractivity contribution in [3.63, 3.8) is 0 Å². The maximum atomic E-state index is 11.7. The highest BCUT2D eigenvalue weighted by Gasteiger charge is 2.24. The molecule has 1 fully saturated rings. The van der Waals surface area contributed by atoms with Crippen molar-refractivity contribution in [1.82, 2.24) is 14.9 Å². The fraction of sp³-hybridized carbons (Fsp3) is 0.545. The van der Waals surface area contributed by atoms with E-state index >= 15 is 0 Å². The van der Waals surface area contributed by atoms with Crippen molar-refractivity contribution in [1.29, 1.82) is 0 Å². The molecule has 6 nitrogen and oxygen atoms in total. The Kier molecular flexibility index (Phi) is 4.13. The van der Waals surface area contributed by atoms with Crippen molar-refractivity contribution >= 4 is 27.8 Å². The van der Waals surface area contributed by atoms with Crippen LogP contribution in [0.4, 0.5) is 5.95 Å². The molecule has 0 aliphatic carbocycles. The smallest absolute Gasteiger partial charge is 0.239 e. The van der Waals surface area contributed by atoms with Gasteiger partial charge in [0.2, 0.25) is 11.9 Å². The van der Waals surface area contributed by atoms with Gasteiger partial charge in [-0.1, -0.05) is 0 Å². The largest absolute Gasteiger partial charge is 0.338 e. The molecule has 0 saturated carbocycles. The van der Waals surface area contributed by atoms with Crippen LogP contribution in [-0.4, -0.2) is 53.0 Å². The monoisotopic (exact) mass is 313 g/mol. The molecule has 1 aromatic rings. The standard InChI is InChI=1S/C11H16BrN5O/c1-8(13)10(18)16-2-4-17(5-3-16)11-14-6-9(12)7-15-11/h6-8H,2-5,13H2,1H3/t8-/m0/s1. The van der Waals surface area contributed by atoms with Gasteiger partial charge in [0.15, 0.2) is 0 Å². The van der Waals surface area contributed by atoms with Crippen LogP contribution in [0, 0.1) is 0 Å². The zero-order valence-electron chi connectivity index (χ0n) is 10.2. The molecular formula is C11H16BrN5O. The summed E-state index contributed by atoms with van der Waals surface area (Å²) in [4.78, 5) is 24.1. The van der Waals surface area contributed by atoms with Gasteiger partial charge in [0.25, 0.3) is 0 Å². The first-order valence-corrected chi connectivity index (χ1v) is 6.64. The third kappa shape index (κ3) is 2.97. The molecule has 0 bridgehead atoms. The summed E-state index contributed by atoms with van der Waals surface area (Å²) in [6.07, 6.45) is 3.45. The Morgan fingerprint density at radius 3 is 2.39 bits per heavy atom. The quantitative estimate of drug-likeness (QED) is 0.846. The van der Waals surface area contributed by atoms with Gasteiger partial charge in [-0.05, 0) is 22.9 Å². The number of carbonyl (C=O) groups excluding carboxylic acids is 1. The minimum atomic E-state index is -0.430. The van der Waals surface area contributed by atoms with Gasteiger partial charge >= 0.3 is 0 Å². The van der Waals surface area contributed by atoms with E-state index in [1.807, 2.05) is 0 Å². The normalized spacial score (nSPS) is 17.7. The second-order valence-corrected chi connectivity index (χ2v) is 5.22. The summed E-state index contributed by atoms with van der Waals surface area (Å²) in [5, 5.41) is 0. The third-order valence-electron chi connectivity index (χ3n) is 2.87. The summed E-state index contributed by atoms with van der Waals surface area (Å²) in [6, 6.07) is -0.430. The summed E-state index contributed by atoms with van der Waals surface area (Å²) >= 11 is 3.30. The van der Waals surface area contributed by atoms with Gasteiger partial charge in [-0.15, -0.1) is 0 Å². The lowest BCUT2D eigenvalue weighted by Crippen LogP contribution is -2.52. The predicted octanol–water partition coefficient (Wildman–Crippen LogP) is 0.235.